The third-order valence-electron chi connectivity index (χ3n) is 3.44. The van der Waals surface area contributed by atoms with Gasteiger partial charge in [0.2, 0.25) is 5.95 Å². The number of nitrogens with two attached hydrogens (primary N) is 1. The maximum Gasteiger partial charge on any atom is 0.223 e. The Morgan fingerprint density at radius 2 is 1.91 bits per heavy atom. The van der Waals surface area contributed by atoms with Crippen LogP contribution in [-0.2, 0) is 5.75 Å². The summed E-state index contributed by atoms with van der Waals surface area (Å²) < 4.78 is 0. The van der Waals surface area contributed by atoms with Gasteiger partial charge < -0.3 is 5.73 Å². The van der Waals surface area contributed by atoms with Crippen molar-refractivity contribution in [3.63, 3.8) is 0 Å². The maximum atomic E-state index is 6.20. The van der Waals surface area contributed by atoms with E-state index in [4.69, 9.17) is 17.3 Å². The highest BCUT2D eigenvalue weighted by Gasteiger charge is 2.11. The second-order valence-corrected chi connectivity index (χ2v) is 6.40. The summed E-state index contributed by atoms with van der Waals surface area (Å²) in [5.74, 6) is 0.961. The third-order valence-corrected chi connectivity index (χ3v) is 4.84. The van der Waals surface area contributed by atoms with Crippen molar-refractivity contribution in [3.05, 3.63) is 52.2 Å². The zero-order chi connectivity index (χ0) is 15.7. The van der Waals surface area contributed by atoms with Gasteiger partial charge in [-0.3, -0.25) is 0 Å². The molecule has 0 aliphatic rings. The topological polar surface area (TPSA) is 64.7 Å². The Bertz CT molecular complexity index is 851. The second kappa shape index (κ2) is 6.10. The Labute approximate surface area is 138 Å². The van der Waals surface area contributed by atoms with Crippen molar-refractivity contribution in [1.82, 2.24) is 15.0 Å². The second-order valence-electron chi connectivity index (χ2n) is 5.03. The molecule has 4 nitrogen and oxygen atoms in total. The molecule has 0 bridgehead atoms. The quantitative estimate of drug-likeness (QED) is 0.576. The molecule has 3 aromatic rings. The van der Waals surface area contributed by atoms with Crippen molar-refractivity contribution < 1.29 is 0 Å². The number of anilines is 1. The first-order valence-electron chi connectivity index (χ1n) is 6.82. The molecule has 0 spiro atoms. The molecule has 0 radical (unpaired) electrons. The monoisotopic (exact) mass is 330 g/mol. The van der Waals surface area contributed by atoms with Crippen molar-refractivity contribution in [1.29, 1.82) is 0 Å². The zero-order valence-corrected chi connectivity index (χ0v) is 13.9. The Morgan fingerprint density at radius 1 is 1.14 bits per heavy atom. The molecule has 2 heterocycles. The fourth-order valence-electron chi connectivity index (χ4n) is 2.10. The van der Waals surface area contributed by atoms with E-state index in [1.807, 2.05) is 38.1 Å². The minimum atomic E-state index is 0.241. The molecule has 3 rings (SSSR count). The van der Waals surface area contributed by atoms with Crippen LogP contribution in [0.5, 0.6) is 0 Å². The van der Waals surface area contributed by atoms with Gasteiger partial charge in [-0.2, -0.15) is 4.98 Å². The minimum absolute atomic E-state index is 0.241. The number of nitrogen functional groups attached to an aromatic ring is 1. The van der Waals surface area contributed by atoms with Gasteiger partial charge in [-0.25, -0.2) is 9.97 Å². The van der Waals surface area contributed by atoms with Crippen molar-refractivity contribution in [3.8, 4) is 0 Å². The number of rotatable bonds is 3. The van der Waals surface area contributed by atoms with Crippen LogP contribution in [0.3, 0.4) is 0 Å². The number of fused-ring (bicyclic) bond motifs is 1. The molecule has 112 valence electrons. The number of thioether (sulfide) groups is 1. The number of hydrogen-bond donors (Lipinski definition) is 1. The fraction of sp³-hybridized carbons (Fsp3) is 0.188. The Morgan fingerprint density at radius 3 is 2.68 bits per heavy atom. The molecule has 0 fully saturated rings. The van der Waals surface area contributed by atoms with Gasteiger partial charge in [0, 0.05) is 16.5 Å². The molecule has 0 aliphatic heterocycles. The molecule has 2 aromatic heterocycles. The van der Waals surface area contributed by atoms with Crippen LogP contribution in [0.25, 0.3) is 11.0 Å². The van der Waals surface area contributed by atoms with Gasteiger partial charge in [0.25, 0.3) is 0 Å². The lowest BCUT2D eigenvalue weighted by atomic mass is 10.2. The Balaban J connectivity index is 1.99. The molecule has 0 atom stereocenters. The van der Waals surface area contributed by atoms with E-state index in [2.05, 4.69) is 21.0 Å². The molecular weight excluding hydrogens is 316 g/mol. The number of nitrogens with zero attached hydrogens (tertiary/aromatic N) is 3. The van der Waals surface area contributed by atoms with E-state index in [0.717, 1.165) is 38.0 Å². The number of halogens is 1. The molecule has 0 amide bonds. The van der Waals surface area contributed by atoms with Gasteiger partial charge in [-0.15, -0.1) is 11.8 Å². The van der Waals surface area contributed by atoms with Gasteiger partial charge in [0.15, 0.2) is 5.65 Å². The van der Waals surface area contributed by atoms with Crippen molar-refractivity contribution in [2.45, 2.75) is 24.6 Å². The number of pyridine rings is 1. The first-order valence-corrected chi connectivity index (χ1v) is 8.18. The summed E-state index contributed by atoms with van der Waals surface area (Å²) in [6, 6.07) is 9.86. The Kier molecular flexibility index (Phi) is 4.18. The molecular formula is C16H15ClN4S. The van der Waals surface area contributed by atoms with Crippen LogP contribution in [0, 0.1) is 13.8 Å². The van der Waals surface area contributed by atoms with E-state index >= 15 is 0 Å². The largest absolute Gasteiger partial charge is 0.368 e. The molecule has 6 heteroatoms. The molecule has 2 N–H and O–H groups in total. The Hall–Kier alpha value is -1.85. The highest BCUT2D eigenvalue weighted by molar-refractivity contribution is 7.98. The van der Waals surface area contributed by atoms with Crippen molar-refractivity contribution >= 4 is 40.3 Å². The number of aromatic nitrogens is 3. The summed E-state index contributed by atoms with van der Waals surface area (Å²) in [6.07, 6.45) is 0. The molecule has 22 heavy (non-hydrogen) atoms. The number of benzene rings is 1. The predicted molar refractivity (Wildman–Crippen MR) is 92.2 cm³/mol. The van der Waals surface area contributed by atoms with Crippen LogP contribution < -0.4 is 5.73 Å². The van der Waals surface area contributed by atoms with Gasteiger partial charge in [0.05, 0.1) is 5.39 Å². The highest BCUT2D eigenvalue weighted by atomic mass is 35.5. The molecule has 0 aliphatic carbocycles. The van der Waals surface area contributed by atoms with Gasteiger partial charge in [-0.05, 0) is 37.1 Å². The minimum Gasteiger partial charge on any atom is -0.368 e. The lowest BCUT2D eigenvalue weighted by Gasteiger charge is -2.09. The number of aryl methyl sites for hydroxylation is 2. The lowest BCUT2D eigenvalue weighted by molar-refractivity contribution is 1.07. The van der Waals surface area contributed by atoms with E-state index in [9.17, 15) is 0 Å². The summed E-state index contributed by atoms with van der Waals surface area (Å²) >= 11 is 7.79. The van der Waals surface area contributed by atoms with Crippen LogP contribution in [0.1, 0.15) is 16.8 Å². The third kappa shape index (κ3) is 3.00. The lowest BCUT2D eigenvalue weighted by Crippen LogP contribution is -2.00. The van der Waals surface area contributed by atoms with E-state index in [1.54, 1.807) is 11.8 Å². The average molecular weight is 331 g/mol. The average Bonchev–Trinajstić information content (AvgIpc) is 2.48. The van der Waals surface area contributed by atoms with E-state index < -0.39 is 0 Å². The van der Waals surface area contributed by atoms with E-state index in [0.29, 0.717) is 5.65 Å². The molecule has 0 unspecified atom stereocenters. The first-order chi connectivity index (χ1) is 10.5. The summed E-state index contributed by atoms with van der Waals surface area (Å²) in [5.41, 5.74) is 9.58. The summed E-state index contributed by atoms with van der Waals surface area (Å²) in [7, 11) is 0. The maximum absolute atomic E-state index is 6.20. The van der Waals surface area contributed by atoms with Gasteiger partial charge in [-0.1, -0.05) is 29.8 Å². The van der Waals surface area contributed by atoms with Crippen LogP contribution >= 0.6 is 23.4 Å². The molecule has 0 saturated heterocycles. The first kappa shape index (κ1) is 15.1. The fourth-order valence-corrected chi connectivity index (χ4v) is 3.39. The van der Waals surface area contributed by atoms with E-state index in [1.165, 1.54) is 0 Å². The zero-order valence-electron chi connectivity index (χ0n) is 12.3. The number of hydrogen-bond acceptors (Lipinski definition) is 5. The van der Waals surface area contributed by atoms with Crippen LogP contribution in [0.15, 0.2) is 35.4 Å². The van der Waals surface area contributed by atoms with Crippen LogP contribution in [-0.4, -0.2) is 15.0 Å². The summed E-state index contributed by atoms with van der Waals surface area (Å²) in [4.78, 5) is 13.1. The summed E-state index contributed by atoms with van der Waals surface area (Å²) in [5, 5.41) is 2.51. The predicted octanol–water partition coefficient (Wildman–Crippen LogP) is 4.17. The molecule has 0 saturated carbocycles. The smallest absolute Gasteiger partial charge is 0.223 e. The van der Waals surface area contributed by atoms with Gasteiger partial charge in [0.1, 0.15) is 5.03 Å². The van der Waals surface area contributed by atoms with E-state index in [-0.39, 0.29) is 5.95 Å². The van der Waals surface area contributed by atoms with Gasteiger partial charge >= 0.3 is 0 Å². The highest BCUT2D eigenvalue weighted by Crippen LogP contribution is 2.30. The van der Waals surface area contributed by atoms with Crippen LogP contribution in [0.4, 0.5) is 5.95 Å². The normalized spacial score (nSPS) is 11.0. The van der Waals surface area contributed by atoms with Crippen molar-refractivity contribution in [2.24, 2.45) is 0 Å². The molecule has 1 aromatic carbocycles. The van der Waals surface area contributed by atoms with Crippen molar-refractivity contribution in [2.75, 3.05) is 5.73 Å². The summed E-state index contributed by atoms with van der Waals surface area (Å²) in [6.45, 7) is 3.99. The SMILES string of the molecule is Cc1cc2c(SCc3ccccc3Cl)nc(N)nc2nc1C. The standard InChI is InChI=1S/C16H15ClN4S/c1-9-7-12-14(19-10(9)2)20-16(18)21-15(12)22-8-11-5-3-4-6-13(11)17/h3-7H,8H2,1-2H3,(H2,18,19,20,21). The van der Waals surface area contributed by atoms with Crippen LogP contribution in [0.2, 0.25) is 5.02 Å².